The zero-order chi connectivity index (χ0) is 15.9. The van der Waals surface area contributed by atoms with Crippen LogP contribution in [0.2, 0.25) is 0 Å². The molecule has 2 saturated carbocycles. The Morgan fingerprint density at radius 3 is 2.59 bits per heavy atom. The maximum Gasteiger partial charge on any atom is 0.408 e. The first kappa shape index (κ1) is 16.8. The highest BCUT2D eigenvalue weighted by Gasteiger charge is 2.34. The summed E-state index contributed by atoms with van der Waals surface area (Å²) in [4.78, 5) is 23.5. The molecule has 0 radical (unpaired) electrons. The number of carboxylic acid groups (broad SMARTS) is 1. The number of carboxylic acids is 1. The molecule has 2 aliphatic carbocycles. The van der Waals surface area contributed by atoms with E-state index in [1.165, 1.54) is 0 Å². The van der Waals surface area contributed by atoms with Crippen molar-refractivity contribution < 1.29 is 19.4 Å². The largest absolute Gasteiger partial charge is 0.480 e. The van der Waals surface area contributed by atoms with E-state index in [4.69, 9.17) is 4.74 Å². The smallest absolute Gasteiger partial charge is 0.408 e. The maximum atomic E-state index is 12.1. The predicted octanol–water partition coefficient (Wildman–Crippen LogP) is 3.49. The lowest BCUT2D eigenvalue weighted by molar-refractivity contribution is -0.140. The molecule has 0 spiro atoms. The van der Waals surface area contributed by atoms with Crippen molar-refractivity contribution >= 4 is 12.1 Å². The summed E-state index contributed by atoms with van der Waals surface area (Å²) in [6.07, 6.45) is 9.93. The van der Waals surface area contributed by atoms with Gasteiger partial charge in [-0.2, -0.15) is 0 Å². The third kappa shape index (κ3) is 4.49. The van der Waals surface area contributed by atoms with Gasteiger partial charge in [0.25, 0.3) is 0 Å². The van der Waals surface area contributed by atoms with Crippen molar-refractivity contribution in [2.45, 2.75) is 69.9 Å². The molecular formula is C17H27NO4. The van der Waals surface area contributed by atoms with Gasteiger partial charge < -0.3 is 15.2 Å². The average Bonchev–Trinajstić information content (AvgIpc) is 3.14. The summed E-state index contributed by atoms with van der Waals surface area (Å²) >= 11 is 0. The minimum Gasteiger partial charge on any atom is -0.480 e. The quantitative estimate of drug-likeness (QED) is 0.706. The summed E-state index contributed by atoms with van der Waals surface area (Å²) in [5, 5.41) is 11.9. The Balaban J connectivity index is 1.84. The van der Waals surface area contributed by atoms with Crippen molar-refractivity contribution in [2.75, 3.05) is 0 Å². The number of ether oxygens (including phenoxy) is 1. The number of alkyl carbamates (subject to hydrolysis) is 1. The lowest BCUT2D eigenvalue weighted by atomic mass is 9.98. The van der Waals surface area contributed by atoms with Gasteiger partial charge in [-0.25, -0.2) is 9.59 Å². The Labute approximate surface area is 132 Å². The monoisotopic (exact) mass is 309 g/mol. The summed E-state index contributed by atoms with van der Waals surface area (Å²) in [7, 11) is 0. The van der Waals surface area contributed by atoms with Crippen LogP contribution in [0.25, 0.3) is 0 Å². The average molecular weight is 309 g/mol. The third-order valence-electron chi connectivity index (χ3n) is 5.00. The molecule has 5 heteroatoms. The standard InChI is InChI=1S/C17H27NO4/c1-2-3-7-12-10-6-11-14(12)22-17(21)18-15(16(19)20)13-8-4-5-9-13/h2,12-15H,1,3-11H2,(H,18,21)(H,19,20). The highest BCUT2D eigenvalue weighted by molar-refractivity contribution is 5.80. The number of aliphatic carboxylic acids is 1. The van der Waals surface area contributed by atoms with Crippen LogP contribution < -0.4 is 5.32 Å². The molecule has 2 rings (SSSR count). The molecule has 5 nitrogen and oxygen atoms in total. The Kier molecular flexibility index (Phi) is 6.28. The molecule has 3 atom stereocenters. The molecule has 2 aliphatic rings. The molecule has 22 heavy (non-hydrogen) atoms. The molecule has 0 aromatic heterocycles. The van der Waals surface area contributed by atoms with Crippen LogP contribution in [0, 0.1) is 11.8 Å². The van der Waals surface area contributed by atoms with E-state index in [1.807, 2.05) is 6.08 Å². The summed E-state index contributed by atoms with van der Waals surface area (Å²) < 4.78 is 5.51. The van der Waals surface area contributed by atoms with Crippen molar-refractivity contribution in [2.24, 2.45) is 11.8 Å². The van der Waals surface area contributed by atoms with Crippen LogP contribution >= 0.6 is 0 Å². The fourth-order valence-electron chi connectivity index (χ4n) is 3.79. The van der Waals surface area contributed by atoms with Gasteiger partial charge in [-0.1, -0.05) is 18.9 Å². The third-order valence-corrected chi connectivity index (χ3v) is 5.00. The number of amides is 1. The molecule has 0 aliphatic heterocycles. The summed E-state index contributed by atoms with van der Waals surface area (Å²) in [6.45, 7) is 3.73. The van der Waals surface area contributed by atoms with Gasteiger partial charge in [-0.3, -0.25) is 0 Å². The molecular weight excluding hydrogens is 282 g/mol. The summed E-state index contributed by atoms with van der Waals surface area (Å²) in [5.74, 6) is -0.554. The zero-order valence-electron chi connectivity index (χ0n) is 13.1. The second kappa shape index (κ2) is 8.20. The summed E-state index contributed by atoms with van der Waals surface area (Å²) in [6, 6.07) is -0.817. The number of carbonyl (C=O) groups excluding carboxylic acids is 1. The van der Waals surface area contributed by atoms with E-state index in [-0.39, 0.29) is 12.0 Å². The van der Waals surface area contributed by atoms with Gasteiger partial charge in [-0.05, 0) is 56.8 Å². The van der Waals surface area contributed by atoms with Crippen molar-refractivity contribution in [1.82, 2.24) is 5.32 Å². The normalized spacial score (nSPS) is 26.5. The van der Waals surface area contributed by atoms with Gasteiger partial charge in [0, 0.05) is 0 Å². The van der Waals surface area contributed by atoms with Crippen LogP contribution in [-0.4, -0.2) is 29.3 Å². The number of allylic oxidation sites excluding steroid dienone is 1. The van der Waals surface area contributed by atoms with Crippen LogP contribution in [0.15, 0.2) is 12.7 Å². The molecule has 0 bridgehead atoms. The van der Waals surface area contributed by atoms with Gasteiger partial charge in [0.15, 0.2) is 0 Å². The number of hydrogen-bond donors (Lipinski definition) is 2. The highest BCUT2D eigenvalue weighted by Crippen LogP contribution is 2.32. The molecule has 3 unspecified atom stereocenters. The van der Waals surface area contributed by atoms with Crippen LogP contribution in [0.3, 0.4) is 0 Å². The van der Waals surface area contributed by atoms with E-state index >= 15 is 0 Å². The van der Waals surface area contributed by atoms with Crippen LogP contribution in [0.1, 0.15) is 57.8 Å². The predicted molar refractivity (Wildman–Crippen MR) is 83.6 cm³/mol. The molecule has 1 amide bonds. The van der Waals surface area contributed by atoms with Crippen LogP contribution in [-0.2, 0) is 9.53 Å². The molecule has 124 valence electrons. The second-order valence-electron chi connectivity index (χ2n) is 6.51. The highest BCUT2D eigenvalue weighted by atomic mass is 16.6. The van der Waals surface area contributed by atoms with Gasteiger partial charge >= 0.3 is 12.1 Å². The number of carbonyl (C=O) groups is 2. The minimum absolute atomic E-state index is 0.0326. The van der Waals surface area contributed by atoms with Crippen molar-refractivity contribution in [3.8, 4) is 0 Å². The van der Waals surface area contributed by atoms with Crippen molar-refractivity contribution in [1.29, 1.82) is 0 Å². The molecule has 0 aromatic rings. The zero-order valence-corrected chi connectivity index (χ0v) is 13.1. The number of hydrogen-bond acceptors (Lipinski definition) is 3. The Morgan fingerprint density at radius 2 is 1.95 bits per heavy atom. The number of rotatable bonds is 7. The topological polar surface area (TPSA) is 75.6 Å². The first-order valence-electron chi connectivity index (χ1n) is 8.42. The molecule has 2 fully saturated rings. The molecule has 0 saturated heterocycles. The lowest BCUT2D eigenvalue weighted by Gasteiger charge is -2.24. The first-order chi connectivity index (χ1) is 10.6. The first-order valence-corrected chi connectivity index (χ1v) is 8.42. The van der Waals surface area contributed by atoms with E-state index in [0.717, 1.165) is 57.8 Å². The second-order valence-corrected chi connectivity index (χ2v) is 6.51. The molecule has 2 N–H and O–H groups in total. The van der Waals surface area contributed by atoms with Gasteiger partial charge in [0.1, 0.15) is 12.1 Å². The van der Waals surface area contributed by atoms with E-state index in [1.54, 1.807) is 0 Å². The van der Waals surface area contributed by atoms with E-state index in [0.29, 0.717) is 5.92 Å². The Hall–Kier alpha value is -1.52. The fraction of sp³-hybridized carbons (Fsp3) is 0.765. The van der Waals surface area contributed by atoms with Crippen molar-refractivity contribution in [3.63, 3.8) is 0 Å². The minimum atomic E-state index is -0.960. The van der Waals surface area contributed by atoms with E-state index in [2.05, 4.69) is 11.9 Å². The SMILES string of the molecule is C=CCCC1CCCC1OC(=O)NC(C(=O)O)C1CCCC1. The van der Waals surface area contributed by atoms with Crippen molar-refractivity contribution in [3.05, 3.63) is 12.7 Å². The summed E-state index contributed by atoms with van der Waals surface area (Å²) in [5.41, 5.74) is 0. The molecule has 0 heterocycles. The van der Waals surface area contributed by atoms with Gasteiger partial charge in [0.05, 0.1) is 0 Å². The Bertz CT molecular complexity index is 403. The van der Waals surface area contributed by atoms with Gasteiger partial charge in [0.2, 0.25) is 0 Å². The molecule has 0 aromatic carbocycles. The van der Waals surface area contributed by atoms with E-state index in [9.17, 15) is 14.7 Å². The fourth-order valence-corrected chi connectivity index (χ4v) is 3.79. The van der Waals surface area contributed by atoms with Gasteiger partial charge in [-0.15, -0.1) is 6.58 Å². The number of nitrogens with one attached hydrogen (secondary N) is 1. The lowest BCUT2D eigenvalue weighted by Crippen LogP contribution is -2.46. The maximum absolute atomic E-state index is 12.1. The van der Waals surface area contributed by atoms with Crippen LogP contribution in [0.5, 0.6) is 0 Å². The Morgan fingerprint density at radius 1 is 1.23 bits per heavy atom. The van der Waals surface area contributed by atoms with E-state index < -0.39 is 18.1 Å². The van der Waals surface area contributed by atoms with Crippen LogP contribution in [0.4, 0.5) is 4.79 Å².